The molecule has 0 aliphatic heterocycles. The molecule has 0 saturated heterocycles. The van der Waals surface area contributed by atoms with E-state index in [0.717, 1.165) is 22.2 Å². The van der Waals surface area contributed by atoms with Gasteiger partial charge in [-0.15, -0.1) is 10.2 Å². The maximum Gasteiger partial charge on any atom is 0.234 e. The topological polar surface area (TPSA) is 69.1 Å². The molecule has 3 rings (SSSR count). The molecule has 6 heteroatoms. The summed E-state index contributed by atoms with van der Waals surface area (Å²) in [4.78, 5) is 0.865. The molecule has 5 nitrogen and oxygen atoms in total. The molecule has 2 unspecified atom stereocenters. The standard InChI is InChI=1S/C12H17N5S/c1-12(2,3)10-14-15-11-17(10)16-9(18-11)7-4-5-8(13)6-7/h4-5,7-8H,6,13H2,1-3H3. The lowest BCUT2D eigenvalue weighted by molar-refractivity contribution is 0.525. The molecule has 2 heterocycles. The lowest BCUT2D eigenvalue weighted by Gasteiger charge is -2.13. The average molecular weight is 263 g/mol. The Balaban J connectivity index is 2.02. The molecule has 0 bridgehead atoms. The molecule has 2 atom stereocenters. The van der Waals surface area contributed by atoms with E-state index in [9.17, 15) is 0 Å². The summed E-state index contributed by atoms with van der Waals surface area (Å²) < 4.78 is 1.87. The molecule has 0 radical (unpaired) electrons. The zero-order valence-corrected chi connectivity index (χ0v) is 11.6. The largest absolute Gasteiger partial charge is 0.324 e. The molecule has 0 aromatic carbocycles. The third-order valence-electron chi connectivity index (χ3n) is 3.11. The molecule has 2 N–H and O–H groups in total. The van der Waals surface area contributed by atoms with E-state index in [1.807, 2.05) is 4.52 Å². The van der Waals surface area contributed by atoms with E-state index in [1.54, 1.807) is 11.3 Å². The molecule has 2 aromatic rings. The van der Waals surface area contributed by atoms with E-state index in [-0.39, 0.29) is 11.5 Å². The van der Waals surface area contributed by atoms with Crippen molar-refractivity contribution >= 4 is 16.3 Å². The number of hydrogen-bond donors (Lipinski definition) is 1. The molecule has 0 spiro atoms. The van der Waals surface area contributed by atoms with Gasteiger partial charge in [0.1, 0.15) is 5.01 Å². The molecule has 0 fully saturated rings. The summed E-state index contributed by atoms with van der Waals surface area (Å²) in [5.41, 5.74) is 5.84. The van der Waals surface area contributed by atoms with Crippen molar-refractivity contribution < 1.29 is 0 Å². The molecule has 2 aromatic heterocycles. The van der Waals surface area contributed by atoms with Crippen LogP contribution in [0.2, 0.25) is 0 Å². The van der Waals surface area contributed by atoms with E-state index >= 15 is 0 Å². The first-order valence-electron chi connectivity index (χ1n) is 6.11. The predicted octanol–water partition coefficient (Wildman–Crippen LogP) is 1.85. The van der Waals surface area contributed by atoms with E-state index in [2.05, 4.69) is 48.2 Å². The van der Waals surface area contributed by atoms with E-state index in [0.29, 0.717) is 5.92 Å². The van der Waals surface area contributed by atoms with Crippen molar-refractivity contribution in [1.29, 1.82) is 0 Å². The van der Waals surface area contributed by atoms with Crippen LogP contribution in [0.3, 0.4) is 0 Å². The summed E-state index contributed by atoms with van der Waals surface area (Å²) in [7, 11) is 0. The third kappa shape index (κ3) is 1.85. The fourth-order valence-corrected chi connectivity index (χ4v) is 3.09. The van der Waals surface area contributed by atoms with Crippen LogP contribution in [0, 0.1) is 0 Å². The number of nitrogens with two attached hydrogens (primary N) is 1. The van der Waals surface area contributed by atoms with E-state index in [4.69, 9.17) is 5.73 Å². The van der Waals surface area contributed by atoms with Crippen LogP contribution in [-0.2, 0) is 5.41 Å². The molecule has 18 heavy (non-hydrogen) atoms. The summed E-state index contributed by atoms with van der Waals surface area (Å²) in [6.07, 6.45) is 5.14. The summed E-state index contributed by atoms with van der Waals surface area (Å²) in [6, 6.07) is 0.159. The number of rotatable bonds is 1. The second-order valence-electron chi connectivity index (χ2n) is 5.80. The molecule has 96 valence electrons. The first-order chi connectivity index (χ1) is 8.45. The monoisotopic (exact) mass is 263 g/mol. The summed E-state index contributed by atoms with van der Waals surface area (Å²) in [5, 5.41) is 14.2. The second-order valence-corrected chi connectivity index (χ2v) is 6.79. The smallest absolute Gasteiger partial charge is 0.234 e. The minimum Gasteiger partial charge on any atom is -0.324 e. The highest BCUT2D eigenvalue weighted by atomic mass is 32.1. The lowest BCUT2D eigenvalue weighted by atomic mass is 9.96. The quantitative estimate of drug-likeness (QED) is 0.797. The van der Waals surface area contributed by atoms with E-state index in [1.165, 1.54) is 0 Å². The Morgan fingerprint density at radius 3 is 2.72 bits per heavy atom. The van der Waals surface area contributed by atoms with Gasteiger partial charge in [0.2, 0.25) is 4.96 Å². The Morgan fingerprint density at radius 1 is 1.33 bits per heavy atom. The number of hydrogen-bond acceptors (Lipinski definition) is 5. The minimum absolute atomic E-state index is 0.0489. The number of nitrogens with zero attached hydrogens (tertiary/aromatic N) is 4. The van der Waals surface area contributed by atoms with Gasteiger partial charge in [-0.3, -0.25) is 0 Å². The maximum absolute atomic E-state index is 5.89. The Morgan fingerprint density at radius 2 is 2.11 bits per heavy atom. The summed E-state index contributed by atoms with van der Waals surface area (Å²) in [6.45, 7) is 6.36. The predicted molar refractivity (Wildman–Crippen MR) is 71.8 cm³/mol. The normalized spacial score (nSPS) is 24.2. The molecule has 0 saturated carbocycles. The van der Waals surface area contributed by atoms with Crippen molar-refractivity contribution in [3.63, 3.8) is 0 Å². The van der Waals surface area contributed by atoms with Gasteiger partial charge in [-0.05, 0) is 6.42 Å². The molecule has 1 aliphatic rings. The fourth-order valence-electron chi connectivity index (χ4n) is 2.16. The van der Waals surface area contributed by atoms with Crippen LogP contribution in [0.5, 0.6) is 0 Å². The van der Waals surface area contributed by atoms with Crippen molar-refractivity contribution in [3.05, 3.63) is 23.0 Å². The lowest BCUT2D eigenvalue weighted by Crippen LogP contribution is -2.17. The van der Waals surface area contributed by atoms with Gasteiger partial charge in [0.25, 0.3) is 0 Å². The molecular formula is C12H17N5S. The third-order valence-corrected chi connectivity index (χ3v) is 4.14. The van der Waals surface area contributed by atoms with Crippen molar-refractivity contribution in [2.45, 2.75) is 44.6 Å². The van der Waals surface area contributed by atoms with Gasteiger partial charge in [0, 0.05) is 17.4 Å². The first-order valence-corrected chi connectivity index (χ1v) is 6.93. The van der Waals surface area contributed by atoms with Gasteiger partial charge in [-0.25, -0.2) is 0 Å². The number of allylic oxidation sites excluding steroid dienone is 1. The molecule has 1 aliphatic carbocycles. The van der Waals surface area contributed by atoms with Crippen LogP contribution in [0.4, 0.5) is 0 Å². The fraction of sp³-hybridized carbons (Fsp3) is 0.583. The van der Waals surface area contributed by atoms with Crippen molar-refractivity contribution in [3.8, 4) is 0 Å². The molecular weight excluding hydrogens is 246 g/mol. The van der Waals surface area contributed by atoms with Gasteiger partial charge in [0.15, 0.2) is 5.82 Å². The van der Waals surface area contributed by atoms with E-state index < -0.39 is 0 Å². The number of aromatic nitrogens is 4. The highest BCUT2D eigenvalue weighted by Gasteiger charge is 2.26. The minimum atomic E-state index is -0.0489. The second kappa shape index (κ2) is 3.86. The van der Waals surface area contributed by atoms with Crippen molar-refractivity contribution in [2.24, 2.45) is 5.73 Å². The highest BCUT2D eigenvalue weighted by molar-refractivity contribution is 7.16. The Hall–Kier alpha value is -1.27. The van der Waals surface area contributed by atoms with Gasteiger partial charge in [0.05, 0.1) is 0 Å². The van der Waals surface area contributed by atoms with Crippen LogP contribution in [0.15, 0.2) is 12.2 Å². The Kier molecular flexibility index (Phi) is 2.53. The zero-order valence-electron chi connectivity index (χ0n) is 10.8. The highest BCUT2D eigenvalue weighted by Crippen LogP contribution is 2.32. The number of fused-ring (bicyclic) bond motifs is 1. The average Bonchev–Trinajstić information content (AvgIpc) is 2.87. The molecule has 0 amide bonds. The first kappa shape index (κ1) is 11.8. The van der Waals surface area contributed by atoms with Crippen LogP contribution in [0.25, 0.3) is 4.96 Å². The maximum atomic E-state index is 5.89. The van der Waals surface area contributed by atoms with Crippen molar-refractivity contribution in [1.82, 2.24) is 19.8 Å². The van der Waals surface area contributed by atoms with Crippen LogP contribution < -0.4 is 5.73 Å². The summed E-state index contributed by atoms with van der Waals surface area (Å²) >= 11 is 1.60. The van der Waals surface area contributed by atoms with Gasteiger partial charge in [-0.1, -0.05) is 44.3 Å². The van der Waals surface area contributed by atoms with Crippen molar-refractivity contribution in [2.75, 3.05) is 0 Å². The van der Waals surface area contributed by atoms with Crippen LogP contribution >= 0.6 is 11.3 Å². The Bertz CT molecular complexity index is 604. The SMILES string of the molecule is CC(C)(C)c1nnc2sc(C3C=CC(N)C3)nn12. The summed E-state index contributed by atoms with van der Waals surface area (Å²) in [5.74, 6) is 1.24. The van der Waals surface area contributed by atoms with Gasteiger partial charge < -0.3 is 5.73 Å². The van der Waals surface area contributed by atoms with Gasteiger partial charge >= 0.3 is 0 Å². The van der Waals surface area contributed by atoms with Gasteiger partial charge in [-0.2, -0.15) is 9.61 Å². The van der Waals surface area contributed by atoms with Crippen LogP contribution in [-0.4, -0.2) is 25.9 Å². The Labute approximate surface area is 110 Å². The van der Waals surface area contributed by atoms with Crippen LogP contribution in [0.1, 0.15) is 43.9 Å². The zero-order chi connectivity index (χ0) is 12.9.